The summed E-state index contributed by atoms with van der Waals surface area (Å²) in [6.45, 7) is 0.565. The van der Waals surface area contributed by atoms with Gasteiger partial charge in [0.25, 0.3) is 0 Å². The number of hydrogen-bond acceptors (Lipinski definition) is 3. The zero-order valence-corrected chi connectivity index (χ0v) is 13.8. The van der Waals surface area contributed by atoms with Crippen LogP contribution in [-0.4, -0.2) is 11.0 Å². The van der Waals surface area contributed by atoms with Gasteiger partial charge in [0.1, 0.15) is 5.92 Å². The minimum atomic E-state index is -0.327. The van der Waals surface area contributed by atoms with Crippen molar-refractivity contribution in [1.29, 1.82) is 0 Å². The van der Waals surface area contributed by atoms with Crippen molar-refractivity contribution in [2.24, 2.45) is 0 Å². The van der Waals surface area contributed by atoms with Crippen LogP contribution in [0.25, 0.3) is 0 Å². The molecule has 3 heteroatoms. The minimum absolute atomic E-state index is 0.142. The minimum Gasteiger partial charge on any atom is -0.366 e. The Hall–Kier alpha value is -2.91. The molecule has 3 nitrogen and oxygen atoms in total. The van der Waals surface area contributed by atoms with Crippen molar-refractivity contribution in [2.45, 2.75) is 18.5 Å². The lowest BCUT2D eigenvalue weighted by molar-refractivity contribution is -0.178. The number of carbonyl (C=O) groups is 1. The summed E-state index contributed by atoms with van der Waals surface area (Å²) in [4.78, 5) is 18.4. The third-order valence-electron chi connectivity index (χ3n) is 4.57. The van der Waals surface area contributed by atoms with Crippen LogP contribution in [0.3, 0.4) is 0 Å². The molecule has 1 fully saturated rings. The topological polar surface area (TPSA) is 29.5 Å². The van der Waals surface area contributed by atoms with Crippen molar-refractivity contribution in [1.82, 2.24) is 5.06 Å². The highest BCUT2D eigenvalue weighted by atomic mass is 16.7. The molecule has 0 unspecified atom stereocenters. The third-order valence-corrected chi connectivity index (χ3v) is 4.57. The van der Waals surface area contributed by atoms with Gasteiger partial charge in [-0.2, -0.15) is 0 Å². The van der Waals surface area contributed by atoms with Crippen molar-refractivity contribution in [3.63, 3.8) is 0 Å². The van der Waals surface area contributed by atoms with Crippen LogP contribution in [0.15, 0.2) is 91.0 Å². The Labute approximate surface area is 147 Å². The van der Waals surface area contributed by atoms with E-state index >= 15 is 0 Å². The van der Waals surface area contributed by atoms with Crippen molar-refractivity contribution in [3.8, 4) is 0 Å². The molecule has 0 amide bonds. The fourth-order valence-electron chi connectivity index (χ4n) is 3.41. The monoisotopic (exact) mass is 329 g/mol. The first-order chi connectivity index (χ1) is 12.3. The van der Waals surface area contributed by atoms with E-state index in [1.807, 2.05) is 83.9 Å². The molecule has 0 bridgehead atoms. The number of benzene rings is 3. The van der Waals surface area contributed by atoms with E-state index in [4.69, 9.17) is 4.84 Å². The molecule has 0 saturated carbocycles. The summed E-state index contributed by atoms with van der Waals surface area (Å²) in [5, 5.41) is 1.81. The first-order valence-corrected chi connectivity index (χ1v) is 8.45. The SMILES string of the molecule is O=C1ON(Cc2ccccc2)[C@H](c2ccccc2)[C@H]1c1ccccc1. The molecule has 0 N–H and O–H groups in total. The van der Waals surface area contributed by atoms with E-state index in [-0.39, 0.29) is 17.9 Å². The highest BCUT2D eigenvalue weighted by molar-refractivity contribution is 5.81. The summed E-state index contributed by atoms with van der Waals surface area (Å²) in [5.41, 5.74) is 3.18. The quantitative estimate of drug-likeness (QED) is 0.706. The molecule has 0 spiro atoms. The second-order valence-corrected chi connectivity index (χ2v) is 6.21. The maximum absolute atomic E-state index is 12.7. The highest BCUT2D eigenvalue weighted by Gasteiger charge is 2.45. The average Bonchev–Trinajstić information content (AvgIpc) is 2.99. The first-order valence-electron chi connectivity index (χ1n) is 8.45. The summed E-state index contributed by atoms with van der Waals surface area (Å²) in [6, 6.07) is 29.9. The molecule has 25 heavy (non-hydrogen) atoms. The highest BCUT2D eigenvalue weighted by Crippen LogP contribution is 2.43. The summed E-state index contributed by atoms with van der Waals surface area (Å²) in [6.07, 6.45) is 0. The Morgan fingerprint density at radius 3 is 1.84 bits per heavy atom. The normalized spacial score (nSPS) is 20.4. The molecule has 1 saturated heterocycles. The smallest absolute Gasteiger partial charge is 0.334 e. The Morgan fingerprint density at radius 1 is 0.720 bits per heavy atom. The van der Waals surface area contributed by atoms with Crippen LogP contribution in [0.2, 0.25) is 0 Å². The fourth-order valence-corrected chi connectivity index (χ4v) is 3.41. The number of carbonyl (C=O) groups excluding carboxylic acids is 1. The van der Waals surface area contributed by atoms with E-state index in [9.17, 15) is 4.79 Å². The van der Waals surface area contributed by atoms with Gasteiger partial charge in [-0.1, -0.05) is 91.0 Å². The first kappa shape index (κ1) is 15.6. The Morgan fingerprint density at radius 2 is 1.24 bits per heavy atom. The molecule has 2 atom stereocenters. The van der Waals surface area contributed by atoms with Crippen LogP contribution in [0.1, 0.15) is 28.7 Å². The van der Waals surface area contributed by atoms with E-state index in [2.05, 4.69) is 12.1 Å². The third kappa shape index (κ3) is 3.19. The lowest BCUT2D eigenvalue weighted by Crippen LogP contribution is -2.23. The van der Waals surface area contributed by atoms with Crippen LogP contribution in [-0.2, 0) is 16.2 Å². The molecule has 1 aliphatic heterocycles. The van der Waals surface area contributed by atoms with Crippen molar-refractivity contribution >= 4 is 5.97 Å². The van der Waals surface area contributed by atoms with Crippen LogP contribution < -0.4 is 0 Å². The zero-order valence-electron chi connectivity index (χ0n) is 13.8. The molecule has 0 radical (unpaired) electrons. The van der Waals surface area contributed by atoms with E-state index in [0.717, 1.165) is 16.7 Å². The molecule has 4 rings (SSSR count). The predicted octanol–water partition coefficient (Wildman–Crippen LogP) is 4.49. The Balaban J connectivity index is 1.73. The zero-order chi connectivity index (χ0) is 17.1. The maximum Gasteiger partial charge on any atom is 0.334 e. The van der Waals surface area contributed by atoms with Crippen molar-refractivity contribution in [2.75, 3.05) is 0 Å². The number of nitrogens with zero attached hydrogens (tertiary/aromatic N) is 1. The fraction of sp³-hybridized carbons (Fsp3) is 0.136. The molecular weight excluding hydrogens is 310 g/mol. The molecule has 0 aromatic heterocycles. The molecule has 0 aliphatic carbocycles. The van der Waals surface area contributed by atoms with Gasteiger partial charge in [-0.05, 0) is 16.7 Å². The maximum atomic E-state index is 12.7. The Bertz CT molecular complexity index is 834. The van der Waals surface area contributed by atoms with Gasteiger partial charge in [0.15, 0.2) is 0 Å². The predicted molar refractivity (Wildman–Crippen MR) is 96.4 cm³/mol. The van der Waals surface area contributed by atoms with E-state index < -0.39 is 0 Å². The van der Waals surface area contributed by atoms with Gasteiger partial charge < -0.3 is 4.84 Å². The molecule has 1 aliphatic rings. The van der Waals surface area contributed by atoms with Gasteiger partial charge in [0, 0.05) is 0 Å². The lowest BCUT2D eigenvalue weighted by atomic mass is 9.87. The van der Waals surface area contributed by atoms with Gasteiger partial charge in [0.05, 0.1) is 12.6 Å². The second kappa shape index (κ2) is 6.91. The molecule has 3 aromatic carbocycles. The largest absolute Gasteiger partial charge is 0.366 e. The van der Waals surface area contributed by atoms with Crippen molar-refractivity contribution < 1.29 is 9.63 Å². The van der Waals surface area contributed by atoms with Crippen LogP contribution >= 0.6 is 0 Å². The van der Waals surface area contributed by atoms with Crippen LogP contribution in [0.4, 0.5) is 0 Å². The van der Waals surface area contributed by atoms with Gasteiger partial charge in [-0.3, -0.25) is 0 Å². The average molecular weight is 329 g/mol. The van der Waals surface area contributed by atoms with Crippen molar-refractivity contribution in [3.05, 3.63) is 108 Å². The number of rotatable bonds is 4. The summed E-state index contributed by atoms with van der Waals surface area (Å²) < 4.78 is 0. The number of hydrogen-bond donors (Lipinski definition) is 0. The van der Waals surface area contributed by atoms with Crippen LogP contribution in [0, 0.1) is 0 Å². The summed E-state index contributed by atoms with van der Waals surface area (Å²) >= 11 is 0. The van der Waals surface area contributed by atoms with Crippen LogP contribution in [0.5, 0.6) is 0 Å². The molecular formula is C22H19NO2. The lowest BCUT2D eigenvalue weighted by Gasteiger charge is -2.24. The Kier molecular flexibility index (Phi) is 4.32. The molecule has 124 valence electrons. The molecule has 3 aromatic rings. The van der Waals surface area contributed by atoms with Gasteiger partial charge in [-0.15, -0.1) is 5.06 Å². The standard InChI is InChI=1S/C22H19NO2/c24-22-20(18-12-6-2-7-13-18)21(19-14-8-3-9-15-19)23(25-22)16-17-10-4-1-5-11-17/h1-15,20-21H,16H2/t20-,21-/m1/s1. The van der Waals surface area contributed by atoms with E-state index in [1.165, 1.54) is 0 Å². The second-order valence-electron chi connectivity index (χ2n) is 6.21. The van der Waals surface area contributed by atoms with Gasteiger partial charge >= 0.3 is 5.97 Å². The van der Waals surface area contributed by atoms with E-state index in [0.29, 0.717) is 6.54 Å². The van der Waals surface area contributed by atoms with Gasteiger partial charge in [-0.25, -0.2) is 4.79 Å². The summed E-state index contributed by atoms with van der Waals surface area (Å²) in [5.74, 6) is -0.525. The number of hydroxylamine groups is 2. The molecule has 1 heterocycles. The summed E-state index contributed by atoms with van der Waals surface area (Å²) in [7, 11) is 0. The van der Waals surface area contributed by atoms with E-state index in [1.54, 1.807) is 0 Å². The van der Waals surface area contributed by atoms with Gasteiger partial charge in [0.2, 0.25) is 0 Å².